The fourth-order valence-corrected chi connectivity index (χ4v) is 2.64. The fourth-order valence-electron chi connectivity index (χ4n) is 2.64. The van der Waals surface area contributed by atoms with E-state index in [1.54, 1.807) is 6.92 Å². The van der Waals surface area contributed by atoms with E-state index >= 15 is 0 Å². The van der Waals surface area contributed by atoms with Gasteiger partial charge in [0.25, 0.3) is 0 Å². The van der Waals surface area contributed by atoms with Gasteiger partial charge < -0.3 is 0 Å². The third-order valence-electron chi connectivity index (χ3n) is 4.26. The maximum atomic E-state index is 11.5. The van der Waals surface area contributed by atoms with Crippen LogP contribution in [0, 0.1) is 5.41 Å². The second-order valence-corrected chi connectivity index (χ2v) is 5.74. The first-order chi connectivity index (χ1) is 7.53. The van der Waals surface area contributed by atoms with Crippen LogP contribution >= 0.6 is 0 Å². The molecule has 2 rings (SSSR count). The van der Waals surface area contributed by atoms with Crippen LogP contribution in [0.15, 0.2) is 0 Å². The van der Waals surface area contributed by atoms with Crippen molar-refractivity contribution in [3.63, 3.8) is 0 Å². The van der Waals surface area contributed by atoms with Crippen LogP contribution in [0.4, 0.5) is 0 Å². The summed E-state index contributed by atoms with van der Waals surface area (Å²) >= 11 is 0. The highest BCUT2D eigenvalue weighted by Gasteiger charge is 2.48. The topological polar surface area (TPSA) is 23.6 Å². The van der Waals surface area contributed by atoms with Crippen molar-refractivity contribution in [2.75, 3.05) is 32.7 Å². The van der Waals surface area contributed by atoms with E-state index in [-0.39, 0.29) is 5.41 Å². The van der Waals surface area contributed by atoms with Gasteiger partial charge in [-0.3, -0.25) is 14.6 Å². The van der Waals surface area contributed by atoms with Crippen LogP contribution < -0.4 is 0 Å². The molecule has 0 spiro atoms. The SMILES string of the molecule is CC(=O)C1(CN2CCN(C(C)C)CC2)CC1. The summed E-state index contributed by atoms with van der Waals surface area (Å²) in [4.78, 5) is 16.5. The highest BCUT2D eigenvalue weighted by molar-refractivity contribution is 5.85. The maximum absolute atomic E-state index is 11.5. The average Bonchev–Trinajstić information content (AvgIpc) is 3.00. The van der Waals surface area contributed by atoms with Gasteiger partial charge in [0.1, 0.15) is 5.78 Å². The van der Waals surface area contributed by atoms with Gasteiger partial charge in [-0.2, -0.15) is 0 Å². The van der Waals surface area contributed by atoms with Crippen molar-refractivity contribution in [1.29, 1.82) is 0 Å². The highest BCUT2D eigenvalue weighted by Crippen LogP contribution is 2.47. The molecule has 0 unspecified atom stereocenters. The number of carbonyl (C=O) groups is 1. The Morgan fingerprint density at radius 2 is 1.75 bits per heavy atom. The van der Waals surface area contributed by atoms with Crippen LogP contribution in [0.1, 0.15) is 33.6 Å². The first-order valence-corrected chi connectivity index (χ1v) is 6.51. The van der Waals surface area contributed by atoms with E-state index in [1.807, 2.05) is 0 Å². The Morgan fingerprint density at radius 1 is 1.19 bits per heavy atom. The van der Waals surface area contributed by atoms with Crippen molar-refractivity contribution in [2.45, 2.75) is 39.7 Å². The van der Waals surface area contributed by atoms with Crippen LogP contribution in [0.2, 0.25) is 0 Å². The molecule has 3 nitrogen and oxygen atoms in total. The summed E-state index contributed by atoms with van der Waals surface area (Å²) < 4.78 is 0. The van der Waals surface area contributed by atoms with E-state index in [0.29, 0.717) is 11.8 Å². The molecule has 0 aromatic carbocycles. The normalized spacial score (nSPS) is 26.0. The number of ketones is 1. The Morgan fingerprint density at radius 3 is 2.12 bits per heavy atom. The second-order valence-electron chi connectivity index (χ2n) is 5.74. The molecule has 2 fully saturated rings. The molecule has 0 radical (unpaired) electrons. The van der Waals surface area contributed by atoms with Gasteiger partial charge in [0, 0.05) is 44.2 Å². The summed E-state index contributed by atoms with van der Waals surface area (Å²) in [5.41, 5.74) is 0.0556. The Hall–Kier alpha value is -0.410. The van der Waals surface area contributed by atoms with Gasteiger partial charge >= 0.3 is 0 Å². The summed E-state index contributed by atoms with van der Waals surface area (Å²) in [5.74, 6) is 0.402. The molecule has 0 amide bonds. The number of piperazine rings is 1. The minimum absolute atomic E-state index is 0.0556. The summed E-state index contributed by atoms with van der Waals surface area (Å²) in [7, 11) is 0. The van der Waals surface area contributed by atoms with Gasteiger partial charge in [-0.25, -0.2) is 0 Å². The smallest absolute Gasteiger partial charge is 0.137 e. The van der Waals surface area contributed by atoms with E-state index in [0.717, 1.165) is 45.6 Å². The molecule has 3 heteroatoms. The molecule has 2 aliphatic rings. The van der Waals surface area contributed by atoms with E-state index in [4.69, 9.17) is 0 Å². The molecule has 0 atom stereocenters. The molecule has 0 aromatic rings. The average molecular weight is 224 g/mol. The predicted molar refractivity (Wildman–Crippen MR) is 65.5 cm³/mol. The molecule has 1 aliphatic heterocycles. The number of hydrogen-bond donors (Lipinski definition) is 0. The third kappa shape index (κ3) is 2.46. The number of Topliss-reactive ketones (excluding diaryl/α,β-unsaturated/α-hetero) is 1. The van der Waals surface area contributed by atoms with Crippen LogP contribution in [0.3, 0.4) is 0 Å². The van der Waals surface area contributed by atoms with E-state index in [1.165, 1.54) is 0 Å². The summed E-state index contributed by atoms with van der Waals surface area (Å²) in [6.45, 7) is 11.9. The molecule has 1 saturated heterocycles. The molecule has 92 valence electrons. The number of carbonyl (C=O) groups excluding carboxylic acids is 1. The minimum atomic E-state index is 0.0556. The zero-order valence-corrected chi connectivity index (χ0v) is 10.8. The lowest BCUT2D eigenvalue weighted by molar-refractivity contribution is -0.122. The van der Waals surface area contributed by atoms with Crippen LogP contribution in [-0.2, 0) is 4.79 Å². The third-order valence-corrected chi connectivity index (χ3v) is 4.26. The van der Waals surface area contributed by atoms with Crippen molar-refractivity contribution in [2.24, 2.45) is 5.41 Å². The van der Waals surface area contributed by atoms with Gasteiger partial charge in [-0.1, -0.05) is 0 Å². The Balaban J connectivity index is 1.80. The van der Waals surface area contributed by atoms with Gasteiger partial charge in [0.2, 0.25) is 0 Å². The summed E-state index contributed by atoms with van der Waals surface area (Å²) in [6, 6.07) is 0.657. The van der Waals surface area contributed by atoms with Gasteiger partial charge in [-0.15, -0.1) is 0 Å². The zero-order chi connectivity index (χ0) is 11.8. The van der Waals surface area contributed by atoms with Crippen molar-refractivity contribution in [3.05, 3.63) is 0 Å². The van der Waals surface area contributed by atoms with Gasteiger partial charge in [0.15, 0.2) is 0 Å². The van der Waals surface area contributed by atoms with E-state index < -0.39 is 0 Å². The Kier molecular flexibility index (Phi) is 3.36. The summed E-state index contributed by atoms with van der Waals surface area (Å²) in [6.07, 6.45) is 2.24. The zero-order valence-electron chi connectivity index (χ0n) is 10.8. The van der Waals surface area contributed by atoms with Crippen LogP contribution in [0.25, 0.3) is 0 Å². The standard InChI is InChI=1S/C13H24N2O/c1-11(2)15-8-6-14(7-9-15)10-13(4-5-13)12(3)16/h11H,4-10H2,1-3H3. The largest absolute Gasteiger partial charge is 0.300 e. The lowest BCUT2D eigenvalue weighted by Gasteiger charge is -2.38. The lowest BCUT2D eigenvalue weighted by Crippen LogP contribution is -2.50. The van der Waals surface area contributed by atoms with E-state index in [2.05, 4.69) is 23.6 Å². The van der Waals surface area contributed by atoms with Crippen LogP contribution in [-0.4, -0.2) is 54.3 Å². The molecule has 16 heavy (non-hydrogen) atoms. The van der Waals surface area contributed by atoms with E-state index in [9.17, 15) is 4.79 Å². The molecule has 1 heterocycles. The maximum Gasteiger partial charge on any atom is 0.137 e. The molecular weight excluding hydrogens is 200 g/mol. The van der Waals surface area contributed by atoms with Gasteiger partial charge in [0.05, 0.1) is 0 Å². The Labute approximate surface area is 98.8 Å². The van der Waals surface area contributed by atoms with Crippen molar-refractivity contribution in [3.8, 4) is 0 Å². The molecule has 0 bridgehead atoms. The first kappa shape index (κ1) is 12.1. The second kappa shape index (κ2) is 4.46. The molecular formula is C13H24N2O. The first-order valence-electron chi connectivity index (χ1n) is 6.51. The quantitative estimate of drug-likeness (QED) is 0.721. The minimum Gasteiger partial charge on any atom is -0.300 e. The van der Waals surface area contributed by atoms with Crippen LogP contribution in [0.5, 0.6) is 0 Å². The van der Waals surface area contributed by atoms with Crippen molar-refractivity contribution < 1.29 is 4.79 Å². The summed E-state index contributed by atoms with van der Waals surface area (Å²) in [5, 5.41) is 0. The van der Waals surface area contributed by atoms with Crippen molar-refractivity contribution >= 4 is 5.78 Å². The number of nitrogens with zero attached hydrogens (tertiary/aromatic N) is 2. The fraction of sp³-hybridized carbons (Fsp3) is 0.923. The molecule has 0 N–H and O–H groups in total. The van der Waals surface area contributed by atoms with Crippen molar-refractivity contribution in [1.82, 2.24) is 9.80 Å². The monoisotopic (exact) mass is 224 g/mol. The Bertz CT molecular complexity index is 263. The number of rotatable bonds is 4. The molecule has 0 aromatic heterocycles. The molecule has 1 saturated carbocycles. The number of hydrogen-bond acceptors (Lipinski definition) is 3. The lowest BCUT2D eigenvalue weighted by atomic mass is 10.0. The molecule has 1 aliphatic carbocycles. The van der Waals surface area contributed by atoms with Gasteiger partial charge in [-0.05, 0) is 33.6 Å². The predicted octanol–water partition coefficient (Wildman–Crippen LogP) is 1.38. The highest BCUT2D eigenvalue weighted by atomic mass is 16.1.